The fourth-order valence-electron chi connectivity index (χ4n) is 2.47. The maximum Gasteiger partial charge on any atom is 0.329 e. The van der Waals surface area contributed by atoms with Crippen LogP contribution in [0.2, 0.25) is 5.02 Å². The third kappa shape index (κ3) is 6.76. The number of hydrogen-bond acceptors (Lipinski definition) is 4. The van der Waals surface area contributed by atoms with Gasteiger partial charge in [0.2, 0.25) is 0 Å². The van der Waals surface area contributed by atoms with Crippen molar-refractivity contribution in [2.75, 3.05) is 0 Å². The Morgan fingerprint density at radius 2 is 1.57 bits per heavy atom. The summed E-state index contributed by atoms with van der Waals surface area (Å²) in [5, 5.41) is 7.03. The zero-order valence-corrected chi connectivity index (χ0v) is 16.8. The van der Waals surface area contributed by atoms with Crippen molar-refractivity contribution >= 4 is 29.6 Å². The number of nitrogens with one attached hydrogen (secondary N) is 2. The maximum atomic E-state index is 11.8. The monoisotopic (exact) mass is 421 g/mol. The lowest BCUT2D eigenvalue weighted by Gasteiger charge is -2.06. The lowest BCUT2D eigenvalue weighted by atomic mass is 10.2. The number of nitrogens with zero attached hydrogens (tertiary/aromatic N) is 1. The minimum atomic E-state index is -0.829. The number of rotatable bonds is 7. The van der Waals surface area contributed by atoms with E-state index in [9.17, 15) is 9.59 Å². The molecule has 0 radical (unpaired) electrons. The average molecular weight is 422 g/mol. The summed E-state index contributed by atoms with van der Waals surface area (Å²) in [4.78, 5) is 23.6. The predicted octanol–water partition coefficient (Wildman–Crippen LogP) is 3.69. The summed E-state index contributed by atoms with van der Waals surface area (Å²) in [6, 6.07) is 23.9. The molecule has 0 saturated carbocycles. The van der Waals surface area contributed by atoms with E-state index in [0.29, 0.717) is 17.4 Å². The molecule has 2 amide bonds. The minimum absolute atomic E-state index is 0.272. The second-order valence-electron chi connectivity index (χ2n) is 6.35. The lowest BCUT2D eigenvalue weighted by molar-refractivity contribution is -0.139. The number of benzene rings is 3. The molecule has 152 valence electrons. The van der Waals surface area contributed by atoms with Crippen LogP contribution in [0.3, 0.4) is 0 Å². The highest BCUT2D eigenvalue weighted by Crippen LogP contribution is 2.15. The number of carbonyl (C=O) groups is 2. The van der Waals surface area contributed by atoms with Gasteiger partial charge in [0.25, 0.3) is 0 Å². The Bertz CT molecular complexity index is 1000. The van der Waals surface area contributed by atoms with Crippen molar-refractivity contribution in [2.24, 2.45) is 5.10 Å². The molecular formula is C23H20ClN3O3. The molecule has 0 aliphatic rings. The van der Waals surface area contributed by atoms with Gasteiger partial charge in [0.1, 0.15) is 12.4 Å². The molecule has 0 atom stereocenters. The summed E-state index contributed by atoms with van der Waals surface area (Å²) in [6.07, 6.45) is 1.45. The quantitative estimate of drug-likeness (QED) is 0.347. The summed E-state index contributed by atoms with van der Waals surface area (Å²) in [5.41, 5.74) is 4.87. The van der Waals surface area contributed by atoms with Crippen LogP contribution in [0.4, 0.5) is 0 Å². The molecule has 3 aromatic rings. The molecular weight excluding hydrogens is 402 g/mol. The van der Waals surface area contributed by atoms with Crippen molar-refractivity contribution in [1.29, 1.82) is 0 Å². The third-order valence-corrected chi connectivity index (χ3v) is 4.33. The number of halogens is 1. The molecule has 7 heteroatoms. The number of hydrazone groups is 1. The van der Waals surface area contributed by atoms with Crippen LogP contribution in [0.5, 0.6) is 5.75 Å². The first-order valence-corrected chi connectivity index (χ1v) is 9.60. The Hall–Kier alpha value is -3.64. The Balaban J connectivity index is 1.42. The summed E-state index contributed by atoms with van der Waals surface area (Å²) in [6.45, 7) is 0.701. The number of ether oxygens (including phenoxy) is 1. The summed E-state index contributed by atoms with van der Waals surface area (Å²) >= 11 is 5.86. The zero-order valence-electron chi connectivity index (χ0n) is 16.0. The van der Waals surface area contributed by atoms with Crippen LogP contribution in [-0.2, 0) is 22.7 Å². The van der Waals surface area contributed by atoms with Gasteiger partial charge in [-0.15, -0.1) is 0 Å². The first-order valence-electron chi connectivity index (χ1n) is 9.22. The SMILES string of the molecule is O=C(NCc1ccccc1)C(=O)N/N=C/c1ccc(OCc2ccc(Cl)cc2)cc1. The van der Waals surface area contributed by atoms with E-state index in [1.165, 1.54) is 6.21 Å². The fraction of sp³-hybridized carbons (Fsp3) is 0.0870. The molecule has 0 aromatic heterocycles. The van der Waals surface area contributed by atoms with E-state index >= 15 is 0 Å². The molecule has 30 heavy (non-hydrogen) atoms. The fourth-order valence-corrected chi connectivity index (χ4v) is 2.60. The number of hydrogen-bond donors (Lipinski definition) is 2. The number of carbonyl (C=O) groups excluding carboxylic acids is 2. The zero-order chi connectivity index (χ0) is 21.2. The molecule has 0 aliphatic heterocycles. The van der Waals surface area contributed by atoms with Gasteiger partial charge >= 0.3 is 11.8 Å². The molecule has 2 N–H and O–H groups in total. The van der Waals surface area contributed by atoms with Gasteiger partial charge in [-0.1, -0.05) is 54.1 Å². The van der Waals surface area contributed by atoms with Crippen LogP contribution in [0.25, 0.3) is 0 Å². The standard InChI is InChI=1S/C23H20ClN3O3/c24-20-10-6-19(7-11-20)16-30-21-12-8-18(9-13-21)15-26-27-23(29)22(28)25-14-17-4-2-1-3-5-17/h1-13,15H,14,16H2,(H,25,28)(H,27,29)/b26-15+. The molecule has 0 unspecified atom stereocenters. The van der Waals surface area contributed by atoms with Gasteiger partial charge in [0, 0.05) is 11.6 Å². The largest absolute Gasteiger partial charge is 0.489 e. The van der Waals surface area contributed by atoms with Crippen LogP contribution in [0.15, 0.2) is 84.0 Å². The normalized spacial score (nSPS) is 10.6. The van der Waals surface area contributed by atoms with Crippen LogP contribution >= 0.6 is 11.6 Å². The minimum Gasteiger partial charge on any atom is -0.489 e. The van der Waals surface area contributed by atoms with E-state index in [1.807, 2.05) is 54.6 Å². The van der Waals surface area contributed by atoms with Gasteiger partial charge < -0.3 is 10.1 Å². The van der Waals surface area contributed by atoms with Gasteiger partial charge in [-0.25, -0.2) is 5.43 Å². The Labute approximate surface area is 179 Å². The Morgan fingerprint density at radius 3 is 2.27 bits per heavy atom. The Kier molecular flexibility index (Phi) is 7.58. The molecule has 0 fully saturated rings. The highest BCUT2D eigenvalue weighted by molar-refractivity contribution is 6.35. The van der Waals surface area contributed by atoms with Crippen molar-refractivity contribution in [3.8, 4) is 5.75 Å². The highest BCUT2D eigenvalue weighted by atomic mass is 35.5. The van der Waals surface area contributed by atoms with Crippen LogP contribution in [0, 0.1) is 0 Å². The van der Waals surface area contributed by atoms with E-state index in [0.717, 1.165) is 16.7 Å². The highest BCUT2D eigenvalue weighted by Gasteiger charge is 2.11. The van der Waals surface area contributed by atoms with E-state index in [4.69, 9.17) is 16.3 Å². The first kappa shape index (κ1) is 21.1. The van der Waals surface area contributed by atoms with E-state index in [1.54, 1.807) is 24.3 Å². The van der Waals surface area contributed by atoms with Crippen molar-refractivity contribution in [3.05, 3.63) is 101 Å². The molecule has 6 nitrogen and oxygen atoms in total. The maximum absolute atomic E-state index is 11.8. The van der Waals surface area contributed by atoms with Gasteiger partial charge in [-0.05, 0) is 53.1 Å². The smallest absolute Gasteiger partial charge is 0.329 e. The van der Waals surface area contributed by atoms with Crippen molar-refractivity contribution < 1.29 is 14.3 Å². The van der Waals surface area contributed by atoms with Gasteiger partial charge in [0.15, 0.2) is 0 Å². The number of amides is 2. The topological polar surface area (TPSA) is 79.8 Å². The average Bonchev–Trinajstić information content (AvgIpc) is 2.78. The predicted molar refractivity (Wildman–Crippen MR) is 116 cm³/mol. The molecule has 0 aliphatic carbocycles. The Morgan fingerprint density at radius 1 is 0.867 bits per heavy atom. The molecule has 0 saturated heterocycles. The van der Waals surface area contributed by atoms with Crippen LogP contribution in [-0.4, -0.2) is 18.0 Å². The molecule has 3 aromatic carbocycles. The van der Waals surface area contributed by atoms with Crippen molar-refractivity contribution in [1.82, 2.24) is 10.7 Å². The van der Waals surface area contributed by atoms with Gasteiger partial charge in [-0.3, -0.25) is 9.59 Å². The van der Waals surface area contributed by atoms with Gasteiger partial charge in [0.05, 0.1) is 6.21 Å². The van der Waals surface area contributed by atoms with Crippen LogP contribution < -0.4 is 15.5 Å². The molecule has 0 bridgehead atoms. The molecule has 0 heterocycles. The third-order valence-electron chi connectivity index (χ3n) is 4.08. The van der Waals surface area contributed by atoms with Crippen molar-refractivity contribution in [3.63, 3.8) is 0 Å². The van der Waals surface area contributed by atoms with Gasteiger partial charge in [-0.2, -0.15) is 5.10 Å². The van der Waals surface area contributed by atoms with E-state index in [2.05, 4.69) is 15.8 Å². The summed E-state index contributed by atoms with van der Waals surface area (Å²) in [7, 11) is 0. The van der Waals surface area contributed by atoms with E-state index < -0.39 is 11.8 Å². The second kappa shape index (κ2) is 10.8. The molecule has 3 rings (SSSR count). The first-order chi connectivity index (χ1) is 14.6. The summed E-state index contributed by atoms with van der Waals surface area (Å²) in [5.74, 6) is -0.876. The van der Waals surface area contributed by atoms with Crippen molar-refractivity contribution in [2.45, 2.75) is 13.2 Å². The van der Waals surface area contributed by atoms with E-state index in [-0.39, 0.29) is 6.54 Å². The lowest BCUT2D eigenvalue weighted by Crippen LogP contribution is -2.37. The summed E-state index contributed by atoms with van der Waals surface area (Å²) < 4.78 is 5.71. The molecule has 0 spiro atoms. The second-order valence-corrected chi connectivity index (χ2v) is 6.79. The van der Waals surface area contributed by atoms with Crippen LogP contribution in [0.1, 0.15) is 16.7 Å².